The second kappa shape index (κ2) is 5.27. The van der Waals surface area contributed by atoms with Crippen molar-refractivity contribution in [2.45, 2.75) is 44.9 Å². The van der Waals surface area contributed by atoms with Crippen LogP contribution in [-0.4, -0.2) is 32.8 Å². The van der Waals surface area contributed by atoms with E-state index < -0.39 is 10.0 Å². The third-order valence-corrected chi connectivity index (χ3v) is 4.83. The van der Waals surface area contributed by atoms with Crippen molar-refractivity contribution in [2.24, 2.45) is 5.92 Å². The highest BCUT2D eigenvalue weighted by Crippen LogP contribution is 2.33. The van der Waals surface area contributed by atoms with Gasteiger partial charge in [-0.05, 0) is 25.8 Å². The van der Waals surface area contributed by atoms with Crippen LogP contribution in [0.15, 0.2) is 0 Å². The molecule has 3 atom stereocenters. The van der Waals surface area contributed by atoms with Crippen LogP contribution in [0.3, 0.4) is 0 Å². The fraction of sp³-hybridized carbons (Fsp3) is 1.00. The zero-order valence-electron chi connectivity index (χ0n) is 9.79. The lowest BCUT2D eigenvalue weighted by Crippen LogP contribution is -2.40. The van der Waals surface area contributed by atoms with Gasteiger partial charge in [0.2, 0.25) is 10.0 Å². The maximum absolute atomic E-state index is 11.8. The van der Waals surface area contributed by atoms with Crippen LogP contribution in [0.5, 0.6) is 0 Å². The highest BCUT2D eigenvalue weighted by molar-refractivity contribution is 7.90. The zero-order valence-corrected chi connectivity index (χ0v) is 10.6. The molecule has 0 spiro atoms. The Labute approximate surface area is 92.9 Å². The summed E-state index contributed by atoms with van der Waals surface area (Å²) in [4.78, 5) is 0. The van der Waals surface area contributed by atoms with Gasteiger partial charge in [0, 0.05) is 12.6 Å². The quantitative estimate of drug-likeness (QED) is 0.682. The molecule has 0 aliphatic heterocycles. The monoisotopic (exact) mass is 234 g/mol. The lowest BCUT2D eigenvalue weighted by atomic mass is 10.3. The van der Waals surface area contributed by atoms with Crippen LogP contribution in [0, 0.1) is 5.92 Å². The lowest BCUT2D eigenvalue weighted by Gasteiger charge is -2.14. The minimum atomic E-state index is -3.12. The normalized spacial score (nSPS) is 27.7. The summed E-state index contributed by atoms with van der Waals surface area (Å²) in [5.41, 5.74) is 0. The van der Waals surface area contributed by atoms with E-state index in [1.54, 1.807) is 6.92 Å². The maximum Gasteiger partial charge on any atom is 0.215 e. The van der Waals surface area contributed by atoms with E-state index in [0.717, 1.165) is 19.4 Å². The Kier molecular flexibility index (Phi) is 4.55. The highest BCUT2D eigenvalue weighted by Gasteiger charge is 2.39. The Morgan fingerprint density at radius 2 is 2.07 bits per heavy atom. The fourth-order valence-electron chi connectivity index (χ4n) is 1.63. The van der Waals surface area contributed by atoms with Crippen molar-refractivity contribution in [1.82, 2.24) is 10.0 Å². The van der Waals surface area contributed by atoms with Crippen LogP contribution in [0.1, 0.15) is 33.6 Å². The molecule has 90 valence electrons. The van der Waals surface area contributed by atoms with Gasteiger partial charge >= 0.3 is 0 Å². The average molecular weight is 234 g/mol. The van der Waals surface area contributed by atoms with Gasteiger partial charge in [0.15, 0.2) is 0 Å². The number of nitrogens with one attached hydrogen (secondary N) is 2. The van der Waals surface area contributed by atoms with Crippen LogP contribution in [0.25, 0.3) is 0 Å². The van der Waals surface area contributed by atoms with Crippen LogP contribution < -0.4 is 10.0 Å². The number of rotatable bonds is 7. The first-order valence-electron chi connectivity index (χ1n) is 5.73. The fourth-order valence-corrected chi connectivity index (χ4v) is 2.91. The van der Waals surface area contributed by atoms with Crippen LogP contribution >= 0.6 is 0 Å². The van der Waals surface area contributed by atoms with E-state index in [1.165, 1.54) is 0 Å². The smallest absolute Gasteiger partial charge is 0.215 e. The second-order valence-corrected chi connectivity index (χ2v) is 6.42. The molecule has 0 aromatic carbocycles. The molecule has 0 saturated heterocycles. The Morgan fingerprint density at radius 1 is 1.40 bits per heavy atom. The summed E-state index contributed by atoms with van der Waals surface area (Å²) in [6, 6.07) is 0.198. The van der Waals surface area contributed by atoms with Crippen molar-refractivity contribution < 1.29 is 8.42 Å². The first-order valence-corrected chi connectivity index (χ1v) is 7.27. The summed E-state index contributed by atoms with van der Waals surface area (Å²) in [5, 5.41) is 2.70. The molecule has 0 heterocycles. The molecular weight excluding hydrogens is 212 g/mol. The van der Waals surface area contributed by atoms with Crippen molar-refractivity contribution >= 4 is 10.0 Å². The molecule has 15 heavy (non-hydrogen) atoms. The van der Waals surface area contributed by atoms with Crippen LogP contribution in [0.4, 0.5) is 0 Å². The largest absolute Gasteiger partial charge is 0.316 e. The molecule has 1 rings (SSSR count). The van der Waals surface area contributed by atoms with E-state index in [4.69, 9.17) is 0 Å². The molecular formula is C10H22N2O2S. The Hall–Kier alpha value is -0.130. The third kappa shape index (κ3) is 3.74. The molecule has 0 aromatic heterocycles. The number of hydrogen-bond acceptors (Lipinski definition) is 3. The average Bonchev–Trinajstić information content (AvgIpc) is 2.91. The van der Waals surface area contributed by atoms with Crippen molar-refractivity contribution in [2.75, 3.05) is 13.1 Å². The predicted molar refractivity (Wildman–Crippen MR) is 62.2 cm³/mol. The van der Waals surface area contributed by atoms with Gasteiger partial charge in [-0.3, -0.25) is 0 Å². The van der Waals surface area contributed by atoms with Crippen LogP contribution in [0.2, 0.25) is 0 Å². The molecule has 1 saturated carbocycles. The Morgan fingerprint density at radius 3 is 2.53 bits per heavy atom. The molecule has 4 nitrogen and oxygen atoms in total. The topological polar surface area (TPSA) is 58.2 Å². The third-order valence-electron chi connectivity index (χ3n) is 2.97. The molecule has 0 aromatic rings. The van der Waals surface area contributed by atoms with E-state index in [0.29, 0.717) is 12.5 Å². The van der Waals surface area contributed by atoms with Gasteiger partial charge in [0.1, 0.15) is 0 Å². The zero-order chi connectivity index (χ0) is 11.5. The molecule has 1 aliphatic rings. The van der Waals surface area contributed by atoms with Crippen molar-refractivity contribution in [3.63, 3.8) is 0 Å². The molecule has 5 heteroatoms. The first kappa shape index (κ1) is 12.9. The van der Waals surface area contributed by atoms with Crippen molar-refractivity contribution in [3.8, 4) is 0 Å². The summed E-state index contributed by atoms with van der Waals surface area (Å²) in [6.07, 6.45) is 2.07. The summed E-state index contributed by atoms with van der Waals surface area (Å²) in [7, 11) is -3.12. The highest BCUT2D eigenvalue weighted by atomic mass is 32.2. The van der Waals surface area contributed by atoms with Crippen molar-refractivity contribution in [3.05, 3.63) is 0 Å². The van der Waals surface area contributed by atoms with E-state index >= 15 is 0 Å². The molecule has 3 unspecified atom stereocenters. The van der Waals surface area contributed by atoms with E-state index in [-0.39, 0.29) is 11.3 Å². The predicted octanol–water partition coefficient (Wildman–Crippen LogP) is 0.702. The summed E-state index contributed by atoms with van der Waals surface area (Å²) < 4.78 is 26.4. The van der Waals surface area contributed by atoms with Gasteiger partial charge in [0.25, 0.3) is 0 Å². The second-order valence-electron chi connectivity index (χ2n) is 4.29. The minimum absolute atomic E-state index is 0.198. The SMILES string of the molecule is CCNCC(C)S(=O)(=O)NC1CC1CC. The van der Waals surface area contributed by atoms with Crippen LogP contribution in [-0.2, 0) is 10.0 Å². The Bertz CT molecular complexity index is 290. The first-order chi connectivity index (χ1) is 7.01. The molecule has 0 amide bonds. The van der Waals surface area contributed by atoms with E-state index in [9.17, 15) is 8.42 Å². The molecule has 0 radical (unpaired) electrons. The lowest BCUT2D eigenvalue weighted by molar-refractivity contribution is 0.555. The summed E-state index contributed by atoms with van der Waals surface area (Å²) in [5.74, 6) is 0.561. The molecule has 0 bridgehead atoms. The maximum atomic E-state index is 11.8. The molecule has 1 aliphatic carbocycles. The van der Waals surface area contributed by atoms with Gasteiger partial charge in [0.05, 0.1) is 5.25 Å². The van der Waals surface area contributed by atoms with Crippen molar-refractivity contribution in [1.29, 1.82) is 0 Å². The summed E-state index contributed by atoms with van der Waals surface area (Å²) in [6.45, 7) is 7.15. The van der Waals surface area contributed by atoms with Gasteiger partial charge in [-0.2, -0.15) is 0 Å². The summed E-state index contributed by atoms with van der Waals surface area (Å²) >= 11 is 0. The van der Waals surface area contributed by atoms with E-state index in [1.807, 2.05) is 6.92 Å². The van der Waals surface area contributed by atoms with Gasteiger partial charge in [-0.25, -0.2) is 13.1 Å². The van der Waals surface area contributed by atoms with Gasteiger partial charge < -0.3 is 5.32 Å². The van der Waals surface area contributed by atoms with E-state index in [2.05, 4.69) is 17.0 Å². The number of hydrogen-bond donors (Lipinski definition) is 2. The van der Waals surface area contributed by atoms with Gasteiger partial charge in [-0.15, -0.1) is 0 Å². The Balaban J connectivity index is 2.38. The van der Waals surface area contributed by atoms with Gasteiger partial charge in [-0.1, -0.05) is 20.3 Å². The standard InChI is InChI=1S/C10H22N2O2S/c1-4-9-6-10(9)12-15(13,14)8(3)7-11-5-2/h8-12H,4-7H2,1-3H3. The number of sulfonamides is 1. The molecule has 2 N–H and O–H groups in total. The minimum Gasteiger partial charge on any atom is -0.316 e. The molecule has 1 fully saturated rings.